The maximum atomic E-state index is 13.5. The second-order valence-corrected chi connectivity index (χ2v) is 13.4. The molecule has 46 heavy (non-hydrogen) atoms. The monoisotopic (exact) mass is 654 g/mol. The van der Waals surface area contributed by atoms with E-state index in [1.807, 2.05) is 6.92 Å². The molecule has 0 bridgehead atoms. The smallest absolute Gasteiger partial charge is 0.323 e. The van der Waals surface area contributed by atoms with E-state index in [9.17, 15) is 23.1 Å². The number of benzene rings is 3. The highest BCUT2D eigenvalue weighted by Gasteiger charge is 2.33. The van der Waals surface area contributed by atoms with Crippen LogP contribution in [0.1, 0.15) is 19.4 Å². The molecule has 3 atom stereocenters. The molecule has 3 unspecified atom stereocenters. The minimum Gasteiger partial charge on any atom is -0.497 e. The van der Waals surface area contributed by atoms with Gasteiger partial charge in [-0.1, -0.05) is 6.92 Å². The fourth-order valence-electron chi connectivity index (χ4n) is 5.27. The summed E-state index contributed by atoms with van der Waals surface area (Å²) in [4.78, 5) is 28.1. The third kappa shape index (κ3) is 7.30. The average molecular weight is 655 g/mol. The lowest BCUT2D eigenvalue weighted by Gasteiger charge is -2.33. The molecule has 14 heteroatoms. The standard InChI is InChI=1S/C32H38N4O9S/c1-20-16-36(21(2)18-37)31(38)14-22-13-23(33-32(39)34-24-6-12-28-29(15-24)44-19-43-28)5-11-27(22)45-30(20)17-35(3)46(40,41)26-9-7-25(42-4)8-10-26/h5-13,15,20-21,30,37H,14,16-19H2,1-4H3,(H2,33,34,39). The van der Waals surface area contributed by atoms with Gasteiger partial charge in [0.15, 0.2) is 11.5 Å². The number of aliphatic hydroxyl groups is 1. The predicted octanol–water partition coefficient (Wildman–Crippen LogP) is 3.54. The zero-order chi connectivity index (χ0) is 33.0. The van der Waals surface area contributed by atoms with Crippen LogP contribution in [0.25, 0.3) is 0 Å². The average Bonchev–Trinajstić information content (AvgIpc) is 3.52. The first-order valence-corrected chi connectivity index (χ1v) is 16.2. The zero-order valence-electron chi connectivity index (χ0n) is 26.1. The Morgan fingerprint density at radius 1 is 1.04 bits per heavy atom. The first-order valence-electron chi connectivity index (χ1n) is 14.8. The Hall–Kier alpha value is -4.53. The Bertz CT molecular complexity index is 1680. The molecule has 0 saturated heterocycles. The quantitative estimate of drug-likeness (QED) is 0.314. The lowest BCUT2D eigenvalue weighted by molar-refractivity contribution is -0.134. The van der Waals surface area contributed by atoms with E-state index >= 15 is 0 Å². The highest BCUT2D eigenvalue weighted by Crippen LogP contribution is 2.34. The van der Waals surface area contributed by atoms with Crippen molar-refractivity contribution in [3.63, 3.8) is 0 Å². The third-order valence-electron chi connectivity index (χ3n) is 8.01. The molecule has 0 aromatic heterocycles. The molecule has 0 aliphatic carbocycles. The number of urea groups is 1. The van der Waals surface area contributed by atoms with E-state index in [1.165, 1.54) is 30.6 Å². The number of likely N-dealkylation sites (N-methyl/N-ethyl adjacent to an activating group) is 1. The maximum Gasteiger partial charge on any atom is 0.323 e. The van der Waals surface area contributed by atoms with E-state index in [0.29, 0.717) is 39.9 Å². The number of hydrogen-bond acceptors (Lipinski definition) is 9. The molecule has 246 valence electrons. The van der Waals surface area contributed by atoms with Gasteiger partial charge in [-0.2, -0.15) is 4.31 Å². The highest BCUT2D eigenvalue weighted by molar-refractivity contribution is 7.89. The van der Waals surface area contributed by atoms with E-state index in [-0.39, 0.29) is 49.6 Å². The second-order valence-electron chi connectivity index (χ2n) is 11.3. The number of methoxy groups -OCH3 is 1. The van der Waals surface area contributed by atoms with Crippen LogP contribution in [0, 0.1) is 5.92 Å². The molecule has 3 aromatic carbocycles. The molecule has 3 amide bonds. The summed E-state index contributed by atoms with van der Waals surface area (Å²) in [6.45, 7) is 3.72. The maximum absolute atomic E-state index is 13.5. The van der Waals surface area contributed by atoms with Crippen LogP contribution >= 0.6 is 0 Å². The van der Waals surface area contributed by atoms with E-state index in [2.05, 4.69) is 10.6 Å². The van der Waals surface area contributed by atoms with E-state index in [0.717, 1.165) is 0 Å². The molecule has 0 spiro atoms. The summed E-state index contributed by atoms with van der Waals surface area (Å²) >= 11 is 0. The molecule has 2 aliphatic rings. The number of nitrogens with zero attached hydrogens (tertiary/aromatic N) is 2. The van der Waals surface area contributed by atoms with Gasteiger partial charge in [0, 0.05) is 42.5 Å². The number of hydrogen-bond donors (Lipinski definition) is 3. The molecule has 3 aromatic rings. The molecule has 0 saturated carbocycles. The summed E-state index contributed by atoms with van der Waals surface area (Å²) < 4.78 is 50.4. The van der Waals surface area contributed by atoms with Gasteiger partial charge in [-0.05, 0) is 61.5 Å². The van der Waals surface area contributed by atoms with Gasteiger partial charge < -0.3 is 39.6 Å². The Balaban J connectivity index is 1.38. The van der Waals surface area contributed by atoms with Crippen LogP contribution in [0.4, 0.5) is 16.2 Å². The van der Waals surface area contributed by atoms with Crippen molar-refractivity contribution in [1.82, 2.24) is 9.21 Å². The van der Waals surface area contributed by atoms with Crippen LogP contribution in [0.5, 0.6) is 23.0 Å². The van der Waals surface area contributed by atoms with Gasteiger partial charge in [0.1, 0.15) is 17.6 Å². The van der Waals surface area contributed by atoms with Gasteiger partial charge in [-0.15, -0.1) is 0 Å². The number of amides is 3. The second kappa shape index (κ2) is 13.8. The summed E-state index contributed by atoms with van der Waals surface area (Å²) in [7, 11) is -0.897. The van der Waals surface area contributed by atoms with Crippen LogP contribution in [0.3, 0.4) is 0 Å². The van der Waals surface area contributed by atoms with Gasteiger partial charge >= 0.3 is 6.03 Å². The van der Waals surface area contributed by atoms with Crippen molar-refractivity contribution in [1.29, 1.82) is 0 Å². The summed E-state index contributed by atoms with van der Waals surface area (Å²) in [6, 6.07) is 15.1. The SMILES string of the molecule is COc1ccc(S(=O)(=O)N(C)CC2Oc3ccc(NC(=O)Nc4ccc5c(c4)OCO5)cc3CC(=O)N(C(C)CO)CC2C)cc1. The number of rotatable bonds is 9. The van der Waals surface area contributed by atoms with Gasteiger partial charge in [0.25, 0.3) is 0 Å². The Morgan fingerprint density at radius 2 is 1.70 bits per heavy atom. The van der Waals surface area contributed by atoms with E-state index in [1.54, 1.807) is 60.4 Å². The molecule has 3 N–H and O–H groups in total. The Morgan fingerprint density at radius 3 is 2.37 bits per heavy atom. The van der Waals surface area contributed by atoms with Gasteiger partial charge in [-0.3, -0.25) is 4.79 Å². The molecular weight excluding hydrogens is 616 g/mol. The van der Waals surface area contributed by atoms with Crippen LogP contribution in [-0.2, 0) is 21.2 Å². The van der Waals surface area contributed by atoms with Gasteiger partial charge in [-0.25, -0.2) is 13.2 Å². The summed E-state index contributed by atoms with van der Waals surface area (Å²) in [5.74, 6) is 1.49. The lowest BCUT2D eigenvalue weighted by Crippen LogP contribution is -2.48. The Kier molecular flexibility index (Phi) is 9.89. The normalized spacial score (nSPS) is 18.5. The summed E-state index contributed by atoms with van der Waals surface area (Å²) in [5, 5.41) is 15.5. The number of aliphatic hydroxyl groups excluding tert-OH is 1. The molecular formula is C32H38N4O9S. The number of ether oxygens (including phenoxy) is 4. The van der Waals surface area contributed by atoms with Crippen LogP contribution < -0.4 is 29.6 Å². The van der Waals surface area contributed by atoms with E-state index in [4.69, 9.17) is 18.9 Å². The van der Waals surface area contributed by atoms with Crippen molar-refractivity contribution in [3.05, 3.63) is 66.2 Å². The van der Waals surface area contributed by atoms with Gasteiger partial charge in [0.05, 0.1) is 37.6 Å². The number of nitrogens with one attached hydrogen (secondary N) is 2. The van der Waals surface area contributed by atoms with Crippen molar-refractivity contribution in [2.75, 3.05) is 51.3 Å². The van der Waals surface area contributed by atoms with Crippen molar-refractivity contribution in [3.8, 4) is 23.0 Å². The van der Waals surface area contributed by atoms with Crippen molar-refractivity contribution in [2.24, 2.45) is 5.92 Å². The third-order valence-corrected chi connectivity index (χ3v) is 9.85. The number of sulfonamides is 1. The zero-order valence-corrected chi connectivity index (χ0v) is 26.9. The minimum absolute atomic E-state index is 0.0115. The first kappa shape index (κ1) is 32.9. The van der Waals surface area contributed by atoms with Crippen LogP contribution in [0.2, 0.25) is 0 Å². The number of fused-ring (bicyclic) bond motifs is 2. The number of carbonyl (C=O) groups is 2. The lowest BCUT2D eigenvalue weighted by atomic mass is 10.0. The van der Waals surface area contributed by atoms with Crippen LogP contribution in [0.15, 0.2) is 65.6 Å². The van der Waals surface area contributed by atoms with E-state index < -0.39 is 28.2 Å². The highest BCUT2D eigenvalue weighted by atomic mass is 32.2. The number of carbonyl (C=O) groups excluding carboxylic acids is 2. The topological polar surface area (TPSA) is 156 Å². The molecule has 2 heterocycles. The first-order chi connectivity index (χ1) is 22.0. The van der Waals surface area contributed by atoms with Crippen LogP contribution in [-0.4, -0.2) is 87.5 Å². The van der Waals surface area contributed by atoms with Crippen molar-refractivity contribution < 1.29 is 42.1 Å². The predicted molar refractivity (Wildman–Crippen MR) is 170 cm³/mol. The van der Waals surface area contributed by atoms with Gasteiger partial charge in [0.2, 0.25) is 22.7 Å². The minimum atomic E-state index is -3.88. The largest absolute Gasteiger partial charge is 0.497 e. The summed E-state index contributed by atoms with van der Waals surface area (Å²) in [6.07, 6.45) is -0.720. The fourth-order valence-corrected chi connectivity index (χ4v) is 6.46. The molecule has 0 radical (unpaired) electrons. The fraction of sp³-hybridized carbons (Fsp3) is 0.375. The molecule has 5 rings (SSSR count). The van der Waals surface area contributed by atoms with Crippen molar-refractivity contribution >= 4 is 33.3 Å². The molecule has 13 nitrogen and oxygen atoms in total. The molecule has 0 fully saturated rings. The number of anilines is 2. The van der Waals surface area contributed by atoms with Crippen molar-refractivity contribution in [2.45, 2.75) is 37.3 Å². The Labute approximate surface area is 268 Å². The summed E-state index contributed by atoms with van der Waals surface area (Å²) in [5.41, 5.74) is 1.42. The molecule has 2 aliphatic heterocycles.